The minimum Gasteiger partial charge on any atom is -0.478 e. The number of halogens is 9. The lowest BCUT2D eigenvalue weighted by Crippen LogP contribution is -2.37. The van der Waals surface area contributed by atoms with E-state index < -0.39 is 75.7 Å². The van der Waals surface area contributed by atoms with E-state index >= 15 is 0 Å². The van der Waals surface area contributed by atoms with Gasteiger partial charge in [-0.15, -0.1) is 0 Å². The summed E-state index contributed by atoms with van der Waals surface area (Å²) in [6.07, 6.45) is 35.9. The van der Waals surface area contributed by atoms with Crippen molar-refractivity contribution in [1.82, 2.24) is 49.8 Å². The van der Waals surface area contributed by atoms with Crippen LogP contribution in [0.3, 0.4) is 0 Å². The molecule has 0 unspecified atom stereocenters. The summed E-state index contributed by atoms with van der Waals surface area (Å²) >= 11 is 7.36. The SMILES string of the molecule is CC.CCSC(=N)N.CCSc1ncc(C(=O)O)c(C2(c3cccnc3)CCCC2)n1.CCSc1ncc(C(=O)OC)c(C2(c3cccnc3)CCCC2)n1.COC(=O)/C(=C\N(C)C)C(=O)C1(c2cccnc2)CCCC1.COC(=O)CBr.COC(=O)CC(=O)C1(c2cccnc2)CCCC1.N#CC1(c2cccnc2)CCCC1.O=C(Oc1c(F)c(F)c(F)c(F)c1F)C(F)(F)F. The molecule has 0 aliphatic heterocycles. The number of carboxylic acid groups (broad SMARTS) is 1. The van der Waals surface area contributed by atoms with Crippen molar-refractivity contribution in [2.45, 2.75) is 213 Å². The van der Waals surface area contributed by atoms with Gasteiger partial charge in [-0.1, -0.05) is 180 Å². The molecule has 7 heterocycles. The molecule has 8 aromatic rings. The maximum Gasteiger partial charge on any atom is 0.491 e. The molecule has 5 aliphatic carbocycles. The standard InChI is InChI=1S/C18H21N3O2S.C17H19N3O2S.C17H22N2O3.C14H17NO3.C11H12N2.C8F8O2.C3H5BrO2.C3H8N2S.C2H6/c1-3-24-17-20-12-14(16(22)23-2)15(21-17)18(8-4-5-9-18)13-7-6-10-19-11-13;1-2-23-16-19-11-13(15(21)22)14(20-16)17(7-3-4-8-17)12-6-5-9-18-10-12;1-19(2)12-14(16(21)22-3)15(20)17(8-4-5-9-17)13-7-6-10-18-11-13;1-18-13(17)9-12(16)14(6-2-3-7-14)11-5-4-8-15-10-11;12-9-11(5-1-2-6-11)10-4-3-7-13-8-10;9-1-2(10)4(12)6(5(13)3(1)11)18-7(17)8(14,15)16;1-6-3(5)2-4;1-2-6-3(4)5;1-2/h6-7,10-12H,3-5,8-9H2,1-2H3;5-6,9-11H,2-4,7-8H2,1H3,(H,21,22);6-7,10-12H,4-5,8-9H2,1-3H3;4-5,8,10H,2-3,6-7,9H2,1H3;3-4,7-8H,1-2,5-6H2;;2H2,1H3;2H2,1H3,(H3,4,5);1-2H3/b;;14-12-;;;;;;. The fourth-order valence-corrected chi connectivity index (χ4v) is 17.4. The van der Waals surface area contributed by atoms with Crippen molar-refractivity contribution in [2.75, 3.05) is 65.1 Å². The molecule has 39 heteroatoms. The van der Waals surface area contributed by atoms with E-state index in [1.54, 1.807) is 86.5 Å². The van der Waals surface area contributed by atoms with E-state index in [1.165, 1.54) is 71.0 Å². The van der Waals surface area contributed by atoms with Gasteiger partial charge in [0.2, 0.25) is 34.8 Å². The number of thioether (sulfide) groups is 3. The highest BCUT2D eigenvalue weighted by Gasteiger charge is 2.49. The number of aromatic carboxylic acids is 1. The molecule has 7 aromatic heterocycles. The zero-order valence-corrected chi connectivity index (χ0v) is 79.4. The van der Waals surface area contributed by atoms with Gasteiger partial charge in [-0.3, -0.25) is 49.5 Å². The first-order valence-electron chi connectivity index (χ1n) is 42.4. The van der Waals surface area contributed by atoms with Gasteiger partial charge >= 0.3 is 42.0 Å². The summed E-state index contributed by atoms with van der Waals surface area (Å²) < 4.78 is 120. The Balaban J connectivity index is 0.000000274. The number of benzene rings is 1. The van der Waals surface area contributed by atoms with Crippen molar-refractivity contribution in [3.8, 4) is 11.8 Å². The Kier molecular flexibility index (Phi) is 46.6. The molecule has 5 fully saturated rings. The first-order valence-corrected chi connectivity index (χ1v) is 46.5. The number of Topliss-reactive ketones (excluding diaryl/α,β-unsaturated/α-hetero) is 2. The second kappa shape index (κ2) is 55.3. The number of amidine groups is 1. The van der Waals surface area contributed by atoms with Gasteiger partial charge in [0.25, 0.3) is 0 Å². The predicted molar refractivity (Wildman–Crippen MR) is 486 cm³/mol. The van der Waals surface area contributed by atoms with Gasteiger partial charge in [0, 0.05) is 105 Å². The molecule has 27 nitrogen and oxygen atoms in total. The quantitative estimate of drug-likeness (QED) is 0.00425. The molecule has 712 valence electrons. The van der Waals surface area contributed by atoms with Crippen LogP contribution in [0.4, 0.5) is 35.1 Å². The number of nitrogens with two attached hydrogens (primary N) is 1. The lowest BCUT2D eigenvalue weighted by atomic mass is 9.73. The van der Waals surface area contributed by atoms with Crippen molar-refractivity contribution in [1.29, 1.82) is 10.7 Å². The van der Waals surface area contributed by atoms with Crippen LogP contribution in [0, 0.1) is 45.8 Å². The smallest absolute Gasteiger partial charge is 0.478 e. The van der Waals surface area contributed by atoms with Crippen molar-refractivity contribution in [3.63, 3.8) is 0 Å². The normalized spacial score (nSPS) is 15.3. The maximum absolute atomic E-state index is 13.2. The molecule has 0 bridgehead atoms. The number of carbonyl (C=O) groups excluding carboxylic acids is 7. The number of nitriles is 1. The van der Waals surface area contributed by atoms with E-state index in [1.807, 2.05) is 101 Å². The summed E-state index contributed by atoms with van der Waals surface area (Å²) in [5.41, 5.74) is 10.1. The van der Waals surface area contributed by atoms with E-state index in [-0.39, 0.29) is 67.8 Å². The van der Waals surface area contributed by atoms with E-state index in [0.29, 0.717) is 21.6 Å². The number of carbonyl (C=O) groups is 8. The zero-order chi connectivity index (χ0) is 97.8. The largest absolute Gasteiger partial charge is 0.491 e. The summed E-state index contributed by atoms with van der Waals surface area (Å²) in [5.74, 6) is -18.6. The first-order chi connectivity index (χ1) is 63.1. The number of ketones is 2. The van der Waals surface area contributed by atoms with E-state index in [4.69, 9.17) is 25.6 Å². The van der Waals surface area contributed by atoms with E-state index in [9.17, 15) is 83.8 Å². The van der Waals surface area contributed by atoms with Gasteiger partial charge in [0.1, 0.15) is 28.5 Å². The van der Waals surface area contributed by atoms with Gasteiger partial charge < -0.3 is 39.4 Å². The Hall–Kier alpha value is -11.2. The Morgan fingerprint density at radius 2 is 0.917 bits per heavy atom. The van der Waals surface area contributed by atoms with Gasteiger partial charge in [0.15, 0.2) is 27.0 Å². The summed E-state index contributed by atoms with van der Waals surface area (Å²) in [4.78, 5) is 134. The molecule has 0 radical (unpaired) electrons. The highest BCUT2D eigenvalue weighted by molar-refractivity contribution is 9.09. The molecule has 132 heavy (non-hydrogen) atoms. The van der Waals surface area contributed by atoms with Crippen molar-refractivity contribution in [2.24, 2.45) is 5.73 Å². The topological polar surface area (TPSA) is 396 Å². The molecule has 0 spiro atoms. The number of methoxy groups -OCH3 is 4. The number of ether oxygens (including phenoxy) is 5. The first kappa shape index (κ1) is 111. The Morgan fingerprint density at radius 1 is 0.538 bits per heavy atom. The average Bonchev–Trinajstić information content (AvgIpc) is 1.53. The summed E-state index contributed by atoms with van der Waals surface area (Å²) in [6, 6.07) is 21.8. The summed E-state index contributed by atoms with van der Waals surface area (Å²) in [5, 5.41) is 27.3. The fourth-order valence-electron chi connectivity index (χ4n) is 15.8. The third-order valence-corrected chi connectivity index (χ3v) is 24.5. The number of hydrogen-bond acceptors (Lipinski definition) is 28. The third kappa shape index (κ3) is 30.1. The van der Waals surface area contributed by atoms with E-state index in [2.05, 4.69) is 89.1 Å². The number of nitrogens with zero attached hydrogens (tertiary/aromatic N) is 11. The number of pyridine rings is 5. The van der Waals surface area contributed by atoms with Gasteiger partial charge in [-0.2, -0.15) is 27.2 Å². The lowest BCUT2D eigenvalue weighted by molar-refractivity contribution is -0.190. The minimum atomic E-state index is -5.65. The number of hydrogen-bond donors (Lipinski definition) is 3. The van der Waals surface area contributed by atoms with Crippen LogP contribution in [0.25, 0.3) is 0 Å². The molecule has 4 N–H and O–H groups in total. The molecule has 0 atom stereocenters. The molecular formula is C93H110BrF8N13O14S3. The van der Waals surface area contributed by atoms with Gasteiger partial charge in [-0.05, 0) is 140 Å². The van der Waals surface area contributed by atoms with Crippen LogP contribution in [0.15, 0.2) is 157 Å². The zero-order valence-electron chi connectivity index (χ0n) is 75.3. The average molecular weight is 1960 g/mol. The van der Waals surface area contributed by atoms with Crippen LogP contribution < -0.4 is 10.5 Å². The third-order valence-electron chi connectivity index (χ3n) is 22.0. The molecule has 13 rings (SSSR count). The number of rotatable bonds is 23. The van der Waals surface area contributed by atoms with Crippen LogP contribution in [0.5, 0.6) is 5.75 Å². The van der Waals surface area contributed by atoms with Crippen LogP contribution in [0.2, 0.25) is 0 Å². The number of aromatic nitrogens is 9. The fraction of sp³-hybridized carbons (Fsp3) is 0.452. The monoisotopic (exact) mass is 1960 g/mol. The van der Waals surface area contributed by atoms with Crippen LogP contribution >= 0.6 is 51.2 Å². The van der Waals surface area contributed by atoms with Crippen molar-refractivity contribution in [3.05, 3.63) is 226 Å². The molecule has 1 aromatic carbocycles. The van der Waals surface area contributed by atoms with Crippen molar-refractivity contribution >= 4 is 104 Å². The highest BCUT2D eigenvalue weighted by Crippen LogP contribution is 2.50. The highest BCUT2D eigenvalue weighted by atomic mass is 79.9. The molecule has 5 aliphatic rings. The second-order valence-corrected chi connectivity index (χ2v) is 34.4. The second-order valence-electron chi connectivity index (χ2n) is 30.1. The van der Waals surface area contributed by atoms with Crippen LogP contribution in [-0.4, -0.2) is 179 Å². The molecule has 0 amide bonds. The molecular weight excluding hydrogens is 1850 g/mol. The van der Waals surface area contributed by atoms with E-state index in [0.717, 1.165) is 166 Å². The number of carboxylic acids is 1. The van der Waals surface area contributed by atoms with Crippen molar-refractivity contribution < 1.29 is 102 Å². The summed E-state index contributed by atoms with van der Waals surface area (Å²) in [7, 11) is 8.91. The maximum atomic E-state index is 13.2. The lowest BCUT2D eigenvalue weighted by Gasteiger charge is -2.30. The predicted octanol–water partition coefficient (Wildman–Crippen LogP) is 18.8. The Labute approximate surface area is 783 Å². The van der Waals surface area contributed by atoms with Crippen LogP contribution in [-0.2, 0) is 74.8 Å². The van der Waals surface area contributed by atoms with Gasteiger partial charge in [0.05, 0.1) is 62.1 Å². The number of alkyl halides is 4. The Morgan fingerprint density at radius 3 is 1.25 bits per heavy atom. The number of nitrogens with one attached hydrogen (secondary N) is 1. The minimum absolute atomic E-state index is 0.0418. The number of esters is 5. The molecule has 5 saturated carbocycles. The van der Waals surface area contributed by atoms with Gasteiger partial charge in [-0.25, -0.2) is 52.3 Å². The van der Waals surface area contributed by atoms with Crippen LogP contribution in [0.1, 0.15) is 229 Å². The Bertz CT molecular complexity index is 5120. The summed E-state index contributed by atoms with van der Waals surface area (Å²) in [6.45, 7) is 10.1. The molecule has 0 saturated heterocycles.